The van der Waals surface area contributed by atoms with E-state index in [1.54, 1.807) is 4.90 Å². The summed E-state index contributed by atoms with van der Waals surface area (Å²) < 4.78 is 0. The molecule has 3 amide bonds. The maximum Gasteiger partial charge on any atom is 0.326 e. The van der Waals surface area contributed by atoms with Crippen molar-refractivity contribution in [3.8, 4) is 0 Å². The summed E-state index contributed by atoms with van der Waals surface area (Å²) in [4.78, 5) is 53.9. The molecule has 0 radical (unpaired) electrons. The smallest absolute Gasteiger partial charge is 0.326 e. The fourth-order valence-corrected chi connectivity index (χ4v) is 3.69. The van der Waals surface area contributed by atoms with Crippen molar-refractivity contribution >= 4 is 29.7 Å². The van der Waals surface area contributed by atoms with Gasteiger partial charge in [0.15, 0.2) is 5.96 Å². The molecule has 0 aliphatic carbocycles. The summed E-state index contributed by atoms with van der Waals surface area (Å²) in [5, 5.41) is 17.3. The van der Waals surface area contributed by atoms with Crippen LogP contribution in [0.2, 0.25) is 0 Å². The number of guanidine groups is 1. The number of rotatable bonds is 10. The van der Waals surface area contributed by atoms with Crippen LogP contribution in [-0.2, 0) is 19.2 Å². The van der Waals surface area contributed by atoms with Crippen molar-refractivity contribution in [1.29, 1.82) is 0 Å². The van der Waals surface area contributed by atoms with E-state index >= 15 is 0 Å². The average molecular weight is 425 g/mol. The minimum Gasteiger partial charge on any atom is -0.480 e. The Hall–Kier alpha value is -2.89. The monoisotopic (exact) mass is 425 g/mol. The van der Waals surface area contributed by atoms with Crippen molar-refractivity contribution in [1.82, 2.24) is 20.9 Å². The average Bonchev–Trinajstić information content (AvgIpc) is 3.39. The Morgan fingerprint density at radius 3 is 2.60 bits per heavy atom. The van der Waals surface area contributed by atoms with Crippen LogP contribution in [0.25, 0.3) is 0 Å². The molecule has 8 N–H and O–H groups in total. The van der Waals surface area contributed by atoms with Gasteiger partial charge in [-0.15, -0.1) is 0 Å². The fraction of sp³-hybridized carbons (Fsp3) is 0.722. The second-order valence-electron chi connectivity index (χ2n) is 7.46. The lowest BCUT2D eigenvalue weighted by Crippen LogP contribution is -2.52. The van der Waals surface area contributed by atoms with Gasteiger partial charge in [-0.05, 0) is 45.1 Å². The van der Waals surface area contributed by atoms with Crippen LogP contribution in [0.3, 0.4) is 0 Å². The highest BCUT2D eigenvalue weighted by molar-refractivity contribution is 5.93. The Morgan fingerprint density at radius 2 is 1.97 bits per heavy atom. The second-order valence-corrected chi connectivity index (χ2v) is 7.46. The first-order valence-electron chi connectivity index (χ1n) is 10.2. The molecule has 12 nitrogen and oxygen atoms in total. The number of nitrogens with two attached hydrogens (primary N) is 2. The molecule has 0 spiro atoms. The molecular weight excluding hydrogens is 394 g/mol. The maximum absolute atomic E-state index is 12.6. The van der Waals surface area contributed by atoms with Gasteiger partial charge in [-0.25, -0.2) is 4.79 Å². The fourth-order valence-electron chi connectivity index (χ4n) is 3.69. The molecule has 2 saturated heterocycles. The molecule has 0 aromatic rings. The number of aliphatic imine (C=N–C) groups is 1. The van der Waals surface area contributed by atoms with Crippen molar-refractivity contribution in [2.45, 2.75) is 56.7 Å². The van der Waals surface area contributed by atoms with Crippen LogP contribution >= 0.6 is 0 Å². The zero-order valence-corrected chi connectivity index (χ0v) is 16.9. The number of carboxylic acids is 1. The molecule has 3 atom stereocenters. The van der Waals surface area contributed by atoms with Gasteiger partial charge in [0.25, 0.3) is 0 Å². The van der Waals surface area contributed by atoms with Gasteiger partial charge in [0.05, 0.1) is 12.6 Å². The first-order chi connectivity index (χ1) is 14.3. The third-order valence-corrected chi connectivity index (χ3v) is 5.20. The van der Waals surface area contributed by atoms with E-state index in [1.165, 1.54) is 0 Å². The van der Waals surface area contributed by atoms with Crippen molar-refractivity contribution in [2.24, 2.45) is 16.5 Å². The number of nitrogens with one attached hydrogen (secondary N) is 3. The molecule has 30 heavy (non-hydrogen) atoms. The molecule has 3 unspecified atom stereocenters. The molecule has 2 fully saturated rings. The van der Waals surface area contributed by atoms with E-state index in [4.69, 9.17) is 11.5 Å². The van der Waals surface area contributed by atoms with Crippen LogP contribution in [0.15, 0.2) is 4.99 Å². The number of hydrogen-bond donors (Lipinski definition) is 6. The Labute approximate surface area is 174 Å². The van der Waals surface area contributed by atoms with E-state index in [0.717, 1.165) is 25.8 Å². The van der Waals surface area contributed by atoms with Crippen molar-refractivity contribution < 1.29 is 24.3 Å². The maximum atomic E-state index is 12.6. The van der Waals surface area contributed by atoms with Crippen LogP contribution in [0, 0.1) is 0 Å². The van der Waals surface area contributed by atoms with Gasteiger partial charge in [0.1, 0.15) is 12.1 Å². The second kappa shape index (κ2) is 11.3. The molecule has 2 heterocycles. The predicted molar refractivity (Wildman–Crippen MR) is 108 cm³/mol. The van der Waals surface area contributed by atoms with E-state index in [9.17, 15) is 24.3 Å². The molecule has 12 heteroatoms. The van der Waals surface area contributed by atoms with Crippen LogP contribution in [0.4, 0.5) is 0 Å². The number of carboxylic acid groups (broad SMARTS) is 1. The van der Waals surface area contributed by atoms with E-state index in [0.29, 0.717) is 19.4 Å². The molecule has 2 rings (SSSR count). The van der Waals surface area contributed by atoms with Crippen molar-refractivity contribution in [2.75, 3.05) is 26.2 Å². The third kappa shape index (κ3) is 6.87. The molecule has 0 aromatic carbocycles. The standard InChI is InChI=1S/C18H31N7O5/c19-18(20)22-8-2-5-12(17(29)30)24-14(26)10-23-15(27)13-6-3-9-25(13)16(28)11-4-1-7-21-11/h11-13,21H,1-10H2,(H,23,27)(H,24,26)(H,29,30)(H4,19,20,22). The predicted octanol–water partition coefficient (Wildman–Crippen LogP) is -2.53. The molecule has 0 aromatic heterocycles. The zero-order valence-electron chi connectivity index (χ0n) is 16.9. The normalized spacial score (nSPS) is 21.7. The quantitative estimate of drug-likeness (QED) is 0.125. The summed E-state index contributed by atoms with van der Waals surface area (Å²) in [6.07, 6.45) is 3.46. The number of nitrogens with zero attached hydrogens (tertiary/aromatic N) is 2. The van der Waals surface area contributed by atoms with Gasteiger partial charge < -0.3 is 37.4 Å². The topological polar surface area (TPSA) is 192 Å². The molecule has 2 aliphatic rings. The third-order valence-electron chi connectivity index (χ3n) is 5.20. The summed E-state index contributed by atoms with van der Waals surface area (Å²) in [5.74, 6) is -2.38. The number of likely N-dealkylation sites (tertiary alicyclic amines) is 1. The zero-order chi connectivity index (χ0) is 22.1. The van der Waals surface area contributed by atoms with E-state index in [1.807, 2.05) is 0 Å². The van der Waals surface area contributed by atoms with Gasteiger partial charge in [-0.1, -0.05) is 0 Å². The van der Waals surface area contributed by atoms with Crippen LogP contribution < -0.4 is 27.4 Å². The Bertz CT molecular complexity index is 674. The van der Waals surface area contributed by atoms with Gasteiger partial charge in [-0.3, -0.25) is 19.4 Å². The lowest BCUT2D eigenvalue weighted by atomic mass is 10.1. The van der Waals surface area contributed by atoms with Gasteiger partial charge in [-0.2, -0.15) is 0 Å². The highest BCUT2D eigenvalue weighted by atomic mass is 16.4. The summed E-state index contributed by atoms with van der Waals surface area (Å²) >= 11 is 0. The van der Waals surface area contributed by atoms with E-state index < -0.39 is 29.9 Å². The SMILES string of the molecule is NC(N)=NCCCC(NC(=O)CNC(=O)C1CCCN1C(=O)C1CCCN1)C(=O)O. The lowest BCUT2D eigenvalue weighted by Gasteiger charge is -2.26. The van der Waals surface area contributed by atoms with Gasteiger partial charge in [0, 0.05) is 13.1 Å². The number of carbonyl (C=O) groups is 4. The Balaban J connectivity index is 1.79. The summed E-state index contributed by atoms with van der Waals surface area (Å²) in [5.41, 5.74) is 10.4. The lowest BCUT2D eigenvalue weighted by molar-refractivity contribution is -0.142. The molecule has 168 valence electrons. The minimum absolute atomic E-state index is 0.0821. The minimum atomic E-state index is -1.18. The van der Waals surface area contributed by atoms with Crippen LogP contribution in [0.1, 0.15) is 38.5 Å². The summed E-state index contributed by atoms with van der Waals surface area (Å²) in [7, 11) is 0. The Kier molecular flexibility index (Phi) is 8.84. The van der Waals surface area contributed by atoms with Crippen molar-refractivity contribution in [3.63, 3.8) is 0 Å². The largest absolute Gasteiger partial charge is 0.480 e. The summed E-state index contributed by atoms with van der Waals surface area (Å²) in [6, 6.07) is -1.97. The number of hydrogen-bond acceptors (Lipinski definition) is 6. The van der Waals surface area contributed by atoms with Crippen LogP contribution in [0.5, 0.6) is 0 Å². The number of aliphatic carboxylic acids is 1. The number of carbonyl (C=O) groups excluding carboxylic acids is 3. The Morgan fingerprint density at radius 1 is 1.20 bits per heavy atom. The van der Waals surface area contributed by atoms with E-state index in [2.05, 4.69) is 20.9 Å². The highest BCUT2D eigenvalue weighted by Crippen LogP contribution is 2.20. The molecule has 2 aliphatic heterocycles. The molecule has 0 saturated carbocycles. The molecule has 0 bridgehead atoms. The first-order valence-corrected chi connectivity index (χ1v) is 10.2. The highest BCUT2D eigenvalue weighted by Gasteiger charge is 2.37. The summed E-state index contributed by atoms with van der Waals surface area (Å²) in [6.45, 7) is 1.19. The first kappa shape index (κ1) is 23.4. The van der Waals surface area contributed by atoms with Crippen molar-refractivity contribution in [3.05, 3.63) is 0 Å². The van der Waals surface area contributed by atoms with Crippen LogP contribution in [-0.4, -0.2) is 84.0 Å². The van der Waals surface area contributed by atoms with Gasteiger partial charge in [0.2, 0.25) is 17.7 Å². The van der Waals surface area contributed by atoms with E-state index in [-0.39, 0.29) is 37.4 Å². The van der Waals surface area contributed by atoms with Gasteiger partial charge >= 0.3 is 5.97 Å². The number of amides is 3. The molecular formula is C18H31N7O5.